The molecule has 0 amide bonds. The Morgan fingerprint density at radius 2 is 2.10 bits per heavy atom. The molecule has 1 rings (SSSR count). The number of nitrogens with one attached hydrogen (secondary N) is 3. The number of aromatic nitrogens is 1. The average Bonchev–Trinajstić information content (AvgIpc) is 2.38. The quantitative estimate of drug-likeness (QED) is 0.283. The lowest BCUT2D eigenvalue weighted by Crippen LogP contribution is -2.22. The SMILES string of the molecule is CNCc1cncc(C=N)c1NCOCC[Si](C)(C)C. The van der Waals surface area contributed by atoms with E-state index in [4.69, 9.17) is 10.1 Å². The number of hydrogen-bond donors (Lipinski definition) is 3. The van der Waals surface area contributed by atoms with Gasteiger partial charge in [0.2, 0.25) is 0 Å². The van der Waals surface area contributed by atoms with Crippen LogP contribution in [0.4, 0.5) is 5.69 Å². The molecular weight excluding hydrogens is 268 g/mol. The first-order chi connectivity index (χ1) is 9.48. The predicted molar refractivity (Wildman–Crippen MR) is 87.5 cm³/mol. The summed E-state index contributed by atoms with van der Waals surface area (Å²) < 4.78 is 5.65. The maximum absolute atomic E-state index is 7.45. The van der Waals surface area contributed by atoms with Crippen LogP contribution in [0.1, 0.15) is 11.1 Å². The smallest absolute Gasteiger partial charge is 0.116 e. The Morgan fingerprint density at radius 3 is 2.70 bits per heavy atom. The number of ether oxygens (including phenoxy) is 1. The van der Waals surface area contributed by atoms with Crippen molar-refractivity contribution >= 4 is 20.0 Å². The van der Waals surface area contributed by atoms with E-state index in [-0.39, 0.29) is 0 Å². The summed E-state index contributed by atoms with van der Waals surface area (Å²) in [7, 11) is 0.857. The van der Waals surface area contributed by atoms with Crippen molar-refractivity contribution in [2.45, 2.75) is 32.2 Å². The zero-order valence-corrected chi connectivity index (χ0v) is 13.9. The van der Waals surface area contributed by atoms with Gasteiger partial charge in [0.25, 0.3) is 0 Å². The Balaban J connectivity index is 2.55. The van der Waals surface area contributed by atoms with E-state index < -0.39 is 8.07 Å². The average molecular weight is 294 g/mol. The lowest BCUT2D eigenvalue weighted by atomic mass is 10.1. The van der Waals surface area contributed by atoms with Crippen LogP contribution >= 0.6 is 0 Å². The second-order valence-electron chi connectivity index (χ2n) is 5.98. The van der Waals surface area contributed by atoms with Crippen LogP contribution in [-0.2, 0) is 11.3 Å². The number of pyridine rings is 1. The largest absolute Gasteiger partial charge is 0.362 e. The fourth-order valence-corrected chi connectivity index (χ4v) is 2.50. The third-order valence-electron chi connectivity index (χ3n) is 2.92. The van der Waals surface area contributed by atoms with Gasteiger partial charge in [-0.05, 0) is 13.1 Å². The normalized spacial score (nSPS) is 11.4. The van der Waals surface area contributed by atoms with Crippen molar-refractivity contribution in [1.82, 2.24) is 10.3 Å². The highest BCUT2D eigenvalue weighted by Crippen LogP contribution is 2.18. The molecule has 0 aliphatic rings. The van der Waals surface area contributed by atoms with E-state index in [1.54, 1.807) is 6.20 Å². The Morgan fingerprint density at radius 1 is 1.35 bits per heavy atom. The fraction of sp³-hybridized carbons (Fsp3) is 0.571. The van der Waals surface area contributed by atoms with Crippen LogP contribution in [0.25, 0.3) is 0 Å². The molecular formula is C14H26N4OSi. The highest BCUT2D eigenvalue weighted by atomic mass is 28.3. The minimum atomic E-state index is -1.04. The van der Waals surface area contributed by atoms with Gasteiger partial charge in [-0.15, -0.1) is 0 Å². The molecule has 0 aromatic carbocycles. The number of nitrogens with zero attached hydrogens (tertiary/aromatic N) is 1. The van der Waals surface area contributed by atoms with Gasteiger partial charge in [0.15, 0.2) is 0 Å². The van der Waals surface area contributed by atoms with Crippen LogP contribution in [0, 0.1) is 5.41 Å². The Labute approximate surface area is 122 Å². The second kappa shape index (κ2) is 8.14. The van der Waals surface area contributed by atoms with Crippen molar-refractivity contribution in [2.24, 2.45) is 0 Å². The van der Waals surface area contributed by atoms with E-state index in [1.807, 2.05) is 13.2 Å². The van der Waals surface area contributed by atoms with Gasteiger partial charge in [-0.3, -0.25) is 4.98 Å². The summed E-state index contributed by atoms with van der Waals surface area (Å²) in [5.74, 6) is 0. The summed E-state index contributed by atoms with van der Waals surface area (Å²) in [6.07, 6.45) is 4.82. The van der Waals surface area contributed by atoms with Gasteiger partial charge in [0, 0.05) is 51.0 Å². The van der Waals surface area contributed by atoms with Crippen molar-refractivity contribution in [3.63, 3.8) is 0 Å². The topological polar surface area (TPSA) is 70.0 Å². The molecule has 112 valence electrons. The molecule has 0 unspecified atom stereocenters. The van der Waals surface area contributed by atoms with Gasteiger partial charge in [0.1, 0.15) is 6.73 Å². The van der Waals surface area contributed by atoms with E-state index in [0.29, 0.717) is 13.3 Å². The lowest BCUT2D eigenvalue weighted by Gasteiger charge is -2.17. The summed E-state index contributed by atoms with van der Waals surface area (Å²) in [5, 5.41) is 13.8. The monoisotopic (exact) mass is 294 g/mol. The first-order valence-corrected chi connectivity index (χ1v) is 10.6. The molecule has 0 atom stereocenters. The molecule has 0 aliphatic carbocycles. The van der Waals surface area contributed by atoms with Gasteiger partial charge in [-0.25, -0.2) is 0 Å². The highest BCUT2D eigenvalue weighted by Gasteiger charge is 2.12. The molecule has 0 spiro atoms. The third-order valence-corrected chi connectivity index (χ3v) is 4.63. The molecule has 1 aromatic heterocycles. The van der Waals surface area contributed by atoms with Gasteiger partial charge >= 0.3 is 0 Å². The van der Waals surface area contributed by atoms with Crippen LogP contribution in [0.5, 0.6) is 0 Å². The Bertz CT molecular complexity index is 432. The first kappa shape index (κ1) is 16.8. The van der Waals surface area contributed by atoms with Crippen molar-refractivity contribution in [1.29, 1.82) is 5.41 Å². The lowest BCUT2D eigenvalue weighted by molar-refractivity contribution is 0.166. The van der Waals surface area contributed by atoms with Crippen molar-refractivity contribution in [3.8, 4) is 0 Å². The molecule has 0 radical (unpaired) electrons. The zero-order valence-electron chi connectivity index (χ0n) is 12.9. The fourth-order valence-electron chi connectivity index (χ4n) is 1.75. The Kier molecular flexibility index (Phi) is 6.84. The second-order valence-corrected chi connectivity index (χ2v) is 11.6. The Hall–Kier alpha value is -1.24. The molecule has 0 bridgehead atoms. The summed E-state index contributed by atoms with van der Waals surface area (Å²) in [6.45, 7) is 8.98. The predicted octanol–water partition coefficient (Wildman–Crippen LogP) is 2.52. The van der Waals surface area contributed by atoms with E-state index in [2.05, 4.69) is 35.3 Å². The molecule has 0 fully saturated rings. The van der Waals surface area contributed by atoms with Crippen LogP contribution < -0.4 is 10.6 Å². The molecule has 0 saturated carbocycles. The number of rotatable bonds is 9. The van der Waals surface area contributed by atoms with Crippen molar-refractivity contribution in [2.75, 3.05) is 25.7 Å². The molecule has 6 heteroatoms. The van der Waals surface area contributed by atoms with Gasteiger partial charge in [-0.2, -0.15) is 0 Å². The summed E-state index contributed by atoms with van der Waals surface area (Å²) in [5.41, 5.74) is 2.76. The summed E-state index contributed by atoms with van der Waals surface area (Å²) >= 11 is 0. The maximum Gasteiger partial charge on any atom is 0.116 e. The molecule has 0 saturated heterocycles. The standard InChI is InChI=1S/C14H26N4OSi/c1-16-8-13-10-17-9-12(7-15)14(13)18-11-19-5-6-20(2,3)4/h7,9-10,15-16H,5-6,8,11H2,1-4H3,(H,17,18). The first-order valence-electron chi connectivity index (χ1n) is 6.91. The van der Waals surface area contributed by atoms with E-state index >= 15 is 0 Å². The van der Waals surface area contributed by atoms with E-state index in [0.717, 1.165) is 29.5 Å². The zero-order chi connectivity index (χ0) is 15.0. The van der Waals surface area contributed by atoms with Crippen molar-refractivity contribution < 1.29 is 4.74 Å². The minimum absolute atomic E-state index is 0.464. The summed E-state index contributed by atoms with van der Waals surface area (Å²) in [6, 6.07) is 1.16. The van der Waals surface area contributed by atoms with Crippen LogP contribution in [-0.4, -0.2) is 39.7 Å². The number of hydrogen-bond acceptors (Lipinski definition) is 5. The van der Waals surface area contributed by atoms with Gasteiger partial charge < -0.3 is 20.8 Å². The molecule has 3 N–H and O–H groups in total. The molecule has 20 heavy (non-hydrogen) atoms. The van der Waals surface area contributed by atoms with Gasteiger partial charge in [-0.1, -0.05) is 19.6 Å². The summed E-state index contributed by atoms with van der Waals surface area (Å²) in [4.78, 5) is 4.14. The van der Waals surface area contributed by atoms with Crippen LogP contribution in [0.2, 0.25) is 25.7 Å². The van der Waals surface area contributed by atoms with Crippen molar-refractivity contribution in [3.05, 3.63) is 23.5 Å². The molecule has 1 heterocycles. The molecule has 5 nitrogen and oxygen atoms in total. The van der Waals surface area contributed by atoms with E-state index in [1.165, 1.54) is 6.21 Å². The van der Waals surface area contributed by atoms with Crippen LogP contribution in [0.15, 0.2) is 12.4 Å². The van der Waals surface area contributed by atoms with Crippen LogP contribution in [0.3, 0.4) is 0 Å². The number of anilines is 1. The molecule has 1 aromatic rings. The third kappa shape index (κ3) is 5.81. The maximum atomic E-state index is 7.45. The van der Waals surface area contributed by atoms with E-state index in [9.17, 15) is 0 Å². The highest BCUT2D eigenvalue weighted by molar-refractivity contribution is 6.76. The van der Waals surface area contributed by atoms with Gasteiger partial charge in [0.05, 0.1) is 5.69 Å². The minimum Gasteiger partial charge on any atom is -0.362 e. The molecule has 0 aliphatic heterocycles.